The van der Waals surface area contributed by atoms with Gasteiger partial charge in [0.05, 0.1) is 5.56 Å². The second-order valence-corrected chi connectivity index (χ2v) is 4.26. The van der Waals surface area contributed by atoms with E-state index in [1.54, 1.807) is 23.5 Å². The maximum absolute atomic E-state index is 10.8. The van der Waals surface area contributed by atoms with Gasteiger partial charge in [-0.1, -0.05) is 11.6 Å². The Bertz CT molecular complexity index is 491. The molecule has 0 unspecified atom stereocenters. The van der Waals surface area contributed by atoms with Gasteiger partial charge in [0.2, 0.25) is 0 Å². The van der Waals surface area contributed by atoms with E-state index in [4.69, 9.17) is 16.7 Å². The first-order valence-corrected chi connectivity index (χ1v) is 5.55. The van der Waals surface area contributed by atoms with Crippen LogP contribution in [0.5, 0.6) is 0 Å². The molecule has 2 aromatic rings. The predicted molar refractivity (Wildman–Crippen MR) is 61.7 cm³/mol. The highest BCUT2D eigenvalue weighted by Crippen LogP contribution is 2.26. The molecule has 1 aromatic carbocycles. The second-order valence-electron chi connectivity index (χ2n) is 3.05. The Kier molecular flexibility index (Phi) is 2.75. The zero-order chi connectivity index (χ0) is 10.8. The van der Waals surface area contributed by atoms with Crippen molar-refractivity contribution in [2.45, 2.75) is 0 Å². The molecule has 76 valence electrons. The van der Waals surface area contributed by atoms with E-state index in [9.17, 15) is 4.79 Å². The minimum Gasteiger partial charge on any atom is -0.478 e. The zero-order valence-electron chi connectivity index (χ0n) is 7.61. The molecule has 2 nitrogen and oxygen atoms in total. The van der Waals surface area contributed by atoms with Crippen LogP contribution in [0.3, 0.4) is 0 Å². The van der Waals surface area contributed by atoms with E-state index in [1.807, 2.05) is 16.8 Å². The number of hydrogen-bond donors (Lipinski definition) is 1. The van der Waals surface area contributed by atoms with E-state index < -0.39 is 5.97 Å². The van der Waals surface area contributed by atoms with Crippen LogP contribution >= 0.6 is 22.9 Å². The fourth-order valence-corrected chi connectivity index (χ4v) is 2.21. The molecule has 0 amide bonds. The van der Waals surface area contributed by atoms with Crippen molar-refractivity contribution in [3.63, 3.8) is 0 Å². The largest absolute Gasteiger partial charge is 0.478 e. The van der Waals surface area contributed by atoms with Gasteiger partial charge in [0.1, 0.15) is 0 Å². The van der Waals surface area contributed by atoms with Crippen molar-refractivity contribution in [1.29, 1.82) is 0 Å². The van der Waals surface area contributed by atoms with Crippen molar-refractivity contribution in [1.82, 2.24) is 0 Å². The molecule has 2 rings (SSSR count). The molecule has 4 heteroatoms. The molecule has 0 spiro atoms. The van der Waals surface area contributed by atoms with Gasteiger partial charge in [-0.2, -0.15) is 11.3 Å². The lowest BCUT2D eigenvalue weighted by molar-refractivity contribution is 0.0697. The Morgan fingerprint density at radius 1 is 1.27 bits per heavy atom. The monoisotopic (exact) mass is 238 g/mol. The summed E-state index contributed by atoms with van der Waals surface area (Å²) in [4.78, 5) is 10.8. The Morgan fingerprint density at radius 3 is 2.67 bits per heavy atom. The topological polar surface area (TPSA) is 37.3 Å². The fraction of sp³-hybridized carbons (Fsp3) is 0. The Morgan fingerprint density at radius 2 is 2.07 bits per heavy atom. The van der Waals surface area contributed by atoms with E-state index in [0.29, 0.717) is 5.02 Å². The Balaban J connectivity index is 2.54. The van der Waals surface area contributed by atoms with Gasteiger partial charge in [-0.15, -0.1) is 0 Å². The van der Waals surface area contributed by atoms with Gasteiger partial charge in [-0.3, -0.25) is 0 Å². The normalized spacial score (nSPS) is 10.2. The number of rotatable bonds is 2. The summed E-state index contributed by atoms with van der Waals surface area (Å²) in [5, 5.41) is 13.2. The van der Waals surface area contributed by atoms with Gasteiger partial charge in [-0.05, 0) is 46.2 Å². The molecule has 1 aromatic heterocycles. The highest BCUT2D eigenvalue weighted by atomic mass is 35.5. The van der Waals surface area contributed by atoms with Crippen LogP contribution < -0.4 is 0 Å². The molecule has 1 N–H and O–H groups in total. The Hall–Kier alpha value is -1.32. The Labute approximate surface area is 95.8 Å². The maximum atomic E-state index is 10.8. The van der Waals surface area contributed by atoms with E-state index in [2.05, 4.69) is 0 Å². The van der Waals surface area contributed by atoms with E-state index in [0.717, 1.165) is 11.1 Å². The smallest absolute Gasteiger partial charge is 0.335 e. The van der Waals surface area contributed by atoms with Crippen molar-refractivity contribution in [3.8, 4) is 11.1 Å². The lowest BCUT2D eigenvalue weighted by Gasteiger charge is -2.01. The second kappa shape index (κ2) is 4.04. The van der Waals surface area contributed by atoms with Crippen molar-refractivity contribution in [3.05, 3.63) is 45.6 Å². The first kappa shape index (κ1) is 10.2. The summed E-state index contributed by atoms with van der Waals surface area (Å²) in [7, 11) is 0. The lowest BCUT2D eigenvalue weighted by Crippen LogP contribution is -1.96. The number of carbonyl (C=O) groups is 1. The van der Waals surface area contributed by atoms with Gasteiger partial charge in [0.15, 0.2) is 0 Å². The van der Waals surface area contributed by atoms with Crippen molar-refractivity contribution in [2.75, 3.05) is 0 Å². The van der Waals surface area contributed by atoms with Crippen LogP contribution in [-0.4, -0.2) is 11.1 Å². The van der Waals surface area contributed by atoms with Crippen molar-refractivity contribution < 1.29 is 9.90 Å². The van der Waals surface area contributed by atoms with Crippen LogP contribution in [-0.2, 0) is 0 Å². The average Bonchev–Trinajstić information content (AvgIpc) is 2.69. The number of carboxylic acid groups (broad SMARTS) is 1. The predicted octanol–water partition coefficient (Wildman–Crippen LogP) is 3.77. The number of carboxylic acids is 1. The standard InChI is InChI=1S/C11H7ClO2S/c12-10-4-8(7-1-2-15-6-7)3-9(5-10)11(13)14/h1-6H,(H,13,14). The van der Waals surface area contributed by atoms with Crippen molar-refractivity contribution >= 4 is 28.9 Å². The molecule has 0 bridgehead atoms. The molecule has 0 aliphatic heterocycles. The summed E-state index contributed by atoms with van der Waals surface area (Å²) in [5.74, 6) is -0.964. The average molecular weight is 239 g/mol. The molecule has 0 aliphatic rings. The number of thiophene rings is 1. The van der Waals surface area contributed by atoms with Crippen LogP contribution in [0.25, 0.3) is 11.1 Å². The molecule has 0 saturated carbocycles. The summed E-state index contributed by atoms with van der Waals surface area (Å²) in [5.41, 5.74) is 2.04. The highest BCUT2D eigenvalue weighted by molar-refractivity contribution is 7.08. The van der Waals surface area contributed by atoms with Crippen molar-refractivity contribution in [2.24, 2.45) is 0 Å². The van der Waals surface area contributed by atoms with Crippen LogP contribution in [0.2, 0.25) is 5.02 Å². The minimum absolute atomic E-state index is 0.212. The molecular weight excluding hydrogens is 232 g/mol. The molecule has 15 heavy (non-hydrogen) atoms. The quantitative estimate of drug-likeness (QED) is 0.865. The third kappa shape index (κ3) is 2.19. The lowest BCUT2D eigenvalue weighted by atomic mass is 10.1. The minimum atomic E-state index is -0.964. The number of aromatic carboxylic acids is 1. The molecule has 0 fully saturated rings. The summed E-state index contributed by atoms with van der Waals surface area (Å²) in [6.45, 7) is 0. The third-order valence-corrected chi connectivity index (χ3v) is 2.90. The molecule has 1 heterocycles. The highest BCUT2D eigenvalue weighted by Gasteiger charge is 2.07. The van der Waals surface area contributed by atoms with Crippen LogP contribution in [0.4, 0.5) is 0 Å². The van der Waals surface area contributed by atoms with Gasteiger partial charge in [0.25, 0.3) is 0 Å². The molecule has 0 saturated heterocycles. The third-order valence-electron chi connectivity index (χ3n) is 2.00. The number of halogens is 1. The van der Waals surface area contributed by atoms with Gasteiger partial charge < -0.3 is 5.11 Å². The van der Waals surface area contributed by atoms with Gasteiger partial charge >= 0.3 is 5.97 Å². The van der Waals surface area contributed by atoms with Crippen LogP contribution in [0, 0.1) is 0 Å². The molecule has 0 atom stereocenters. The molecule has 0 radical (unpaired) electrons. The fourth-order valence-electron chi connectivity index (χ4n) is 1.31. The SMILES string of the molecule is O=C(O)c1cc(Cl)cc(-c2ccsc2)c1. The number of benzene rings is 1. The maximum Gasteiger partial charge on any atom is 0.335 e. The van der Waals surface area contributed by atoms with Gasteiger partial charge in [0, 0.05) is 5.02 Å². The molecular formula is C11H7ClO2S. The summed E-state index contributed by atoms with van der Waals surface area (Å²) in [6.07, 6.45) is 0. The van der Waals surface area contributed by atoms with E-state index in [1.165, 1.54) is 6.07 Å². The summed E-state index contributed by atoms with van der Waals surface area (Å²) < 4.78 is 0. The van der Waals surface area contributed by atoms with E-state index in [-0.39, 0.29) is 5.56 Å². The zero-order valence-corrected chi connectivity index (χ0v) is 9.18. The first-order valence-electron chi connectivity index (χ1n) is 4.23. The van der Waals surface area contributed by atoms with E-state index >= 15 is 0 Å². The van der Waals surface area contributed by atoms with Crippen LogP contribution in [0.1, 0.15) is 10.4 Å². The van der Waals surface area contributed by atoms with Crippen LogP contribution in [0.15, 0.2) is 35.0 Å². The van der Waals surface area contributed by atoms with Gasteiger partial charge in [-0.25, -0.2) is 4.79 Å². The summed E-state index contributed by atoms with van der Waals surface area (Å²) in [6, 6.07) is 6.76. The number of hydrogen-bond acceptors (Lipinski definition) is 2. The first-order chi connectivity index (χ1) is 7.16. The molecule has 0 aliphatic carbocycles. The summed E-state index contributed by atoms with van der Waals surface area (Å²) >= 11 is 7.42.